The number of hydrogen-bond donors (Lipinski definition) is 0. The first-order valence-corrected chi connectivity index (χ1v) is 13.5. The number of sulfone groups is 1. The summed E-state index contributed by atoms with van der Waals surface area (Å²) in [6, 6.07) is 8.67. The highest BCUT2D eigenvalue weighted by atomic mass is 35.5. The predicted molar refractivity (Wildman–Crippen MR) is 134 cm³/mol. The SMILES string of the molecule is COc1ccc(OC)c(-c2csc(N3CCC(S(=O)(=O)c4cc(C)c(Cl)cc4Cl)CC3)n2)c1. The first-order valence-electron chi connectivity index (χ1n) is 10.4. The Hall–Kier alpha value is -2.00. The van der Waals surface area contributed by atoms with Gasteiger partial charge in [-0.1, -0.05) is 23.2 Å². The number of benzene rings is 2. The van der Waals surface area contributed by atoms with Crippen LogP contribution in [0.1, 0.15) is 18.4 Å². The molecule has 0 saturated carbocycles. The van der Waals surface area contributed by atoms with Crippen molar-refractivity contribution >= 4 is 49.5 Å². The zero-order chi connectivity index (χ0) is 23.8. The minimum absolute atomic E-state index is 0.158. The summed E-state index contributed by atoms with van der Waals surface area (Å²) >= 11 is 13.8. The Bertz CT molecular complexity index is 1270. The van der Waals surface area contributed by atoms with Crippen LogP contribution in [0.5, 0.6) is 11.5 Å². The summed E-state index contributed by atoms with van der Waals surface area (Å²) in [5.74, 6) is 1.44. The molecule has 176 valence electrons. The first-order chi connectivity index (χ1) is 15.7. The van der Waals surface area contributed by atoms with Crippen LogP contribution in [0.15, 0.2) is 40.6 Å². The summed E-state index contributed by atoms with van der Waals surface area (Å²) < 4.78 is 37.3. The van der Waals surface area contributed by atoms with Crippen molar-refractivity contribution in [1.82, 2.24) is 4.98 Å². The van der Waals surface area contributed by atoms with Crippen molar-refractivity contribution in [2.24, 2.45) is 0 Å². The lowest BCUT2D eigenvalue weighted by molar-refractivity contribution is 0.404. The van der Waals surface area contributed by atoms with E-state index in [9.17, 15) is 8.42 Å². The van der Waals surface area contributed by atoms with Gasteiger partial charge in [0.25, 0.3) is 0 Å². The lowest BCUT2D eigenvalue weighted by Gasteiger charge is -2.31. The number of hydrogen-bond acceptors (Lipinski definition) is 7. The highest BCUT2D eigenvalue weighted by Crippen LogP contribution is 2.38. The minimum atomic E-state index is -3.56. The topological polar surface area (TPSA) is 68.7 Å². The van der Waals surface area contributed by atoms with Crippen molar-refractivity contribution in [3.63, 3.8) is 0 Å². The normalized spacial score (nSPS) is 15.0. The van der Waals surface area contributed by atoms with Gasteiger partial charge < -0.3 is 14.4 Å². The molecule has 1 fully saturated rings. The van der Waals surface area contributed by atoms with Gasteiger partial charge in [-0.15, -0.1) is 11.3 Å². The highest BCUT2D eigenvalue weighted by Gasteiger charge is 2.34. The van der Waals surface area contributed by atoms with E-state index in [-0.39, 0.29) is 9.92 Å². The van der Waals surface area contributed by atoms with Crippen LogP contribution >= 0.6 is 34.5 Å². The number of aromatic nitrogens is 1. The summed E-state index contributed by atoms with van der Waals surface area (Å²) in [7, 11) is -0.314. The van der Waals surface area contributed by atoms with Gasteiger partial charge in [0.05, 0.1) is 35.1 Å². The number of ether oxygens (including phenoxy) is 2. The molecule has 1 aromatic heterocycles. The molecule has 2 aromatic carbocycles. The van der Waals surface area contributed by atoms with Crippen molar-refractivity contribution in [1.29, 1.82) is 0 Å². The molecular formula is C23H24Cl2N2O4S2. The molecule has 2 heterocycles. The zero-order valence-corrected chi connectivity index (χ0v) is 21.6. The maximum Gasteiger partial charge on any atom is 0.185 e. The van der Waals surface area contributed by atoms with E-state index in [1.165, 1.54) is 17.4 Å². The van der Waals surface area contributed by atoms with Crippen LogP contribution in [0, 0.1) is 6.92 Å². The molecule has 4 rings (SSSR count). The van der Waals surface area contributed by atoms with Gasteiger partial charge in [-0.05, 0) is 55.7 Å². The molecule has 0 atom stereocenters. The van der Waals surface area contributed by atoms with Crippen molar-refractivity contribution in [2.45, 2.75) is 29.9 Å². The van der Waals surface area contributed by atoms with E-state index in [1.807, 2.05) is 23.6 Å². The summed E-state index contributed by atoms with van der Waals surface area (Å²) in [6.45, 7) is 2.96. The second kappa shape index (κ2) is 9.70. The Kier molecular flexibility index (Phi) is 7.09. The largest absolute Gasteiger partial charge is 0.497 e. The molecule has 1 saturated heterocycles. The van der Waals surface area contributed by atoms with Crippen LogP contribution in [-0.4, -0.2) is 46.0 Å². The van der Waals surface area contributed by atoms with Gasteiger partial charge in [0.15, 0.2) is 15.0 Å². The van der Waals surface area contributed by atoms with Crippen molar-refractivity contribution < 1.29 is 17.9 Å². The van der Waals surface area contributed by atoms with Crippen molar-refractivity contribution in [2.75, 3.05) is 32.2 Å². The molecule has 6 nitrogen and oxygen atoms in total. The Morgan fingerprint density at radius 3 is 2.45 bits per heavy atom. The first kappa shape index (κ1) is 24.1. The molecular weight excluding hydrogens is 503 g/mol. The molecule has 0 amide bonds. The Morgan fingerprint density at radius 1 is 1.06 bits per heavy atom. The van der Waals surface area contributed by atoms with E-state index in [0.717, 1.165) is 22.1 Å². The van der Waals surface area contributed by atoms with Gasteiger partial charge in [-0.2, -0.15) is 0 Å². The van der Waals surface area contributed by atoms with Crippen LogP contribution < -0.4 is 14.4 Å². The lowest BCUT2D eigenvalue weighted by Crippen LogP contribution is -2.39. The minimum Gasteiger partial charge on any atom is -0.497 e. The number of halogens is 2. The molecule has 0 unspecified atom stereocenters. The standard InChI is InChI=1S/C23H24Cl2N2O4S2/c1-14-10-22(19(25)12-18(14)24)33(28,29)16-6-8-27(9-7-16)23-26-20(13-32-23)17-11-15(30-2)4-5-21(17)31-3/h4-5,10-13,16H,6-9H2,1-3H3. The van der Waals surface area contributed by atoms with Gasteiger partial charge in [-0.25, -0.2) is 13.4 Å². The fraction of sp³-hybridized carbons (Fsp3) is 0.348. The van der Waals surface area contributed by atoms with Gasteiger partial charge in [-0.3, -0.25) is 0 Å². The average molecular weight is 527 g/mol. The maximum absolute atomic E-state index is 13.2. The van der Waals surface area contributed by atoms with Crippen LogP contribution in [0.4, 0.5) is 5.13 Å². The molecule has 1 aliphatic rings. The maximum atomic E-state index is 13.2. The predicted octanol–water partition coefficient (Wildman–Crippen LogP) is 5.89. The monoisotopic (exact) mass is 526 g/mol. The van der Waals surface area contributed by atoms with E-state index in [0.29, 0.717) is 42.3 Å². The fourth-order valence-corrected chi connectivity index (χ4v) is 7.38. The second-order valence-electron chi connectivity index (χ2n) is 7.84. The highest BCUT2D eigenvalue weighted by molar-refractivity contribution is 7.92. The Balaban J connectivity index is 1.51. The third-order valence-electron chi connectivity index (χ3n) is 5.85. The molecule has 0 bridgehead atoms. The number of methoxy groups -OCH3 is 2. The van der Waals surface area contributed by atoms with Crippen molar-refractivity contribution in [3.8, 4) is 22.8 Å². The van der Waals surface area contributed by atoms with E-state index in [1.54, 1.807) is 27.2 Å². The number of nitrogens with zero attached hydrogens (tertiary/aromatic N) is 2. The third kappa shape index (κ3) is 4.80. The Labute approximate surface area is 208 Å². The number of aryl methyl sites for hydroxylation is 1. The van der Waals surface area contributed by atoms with Crippen molar-refractivity contribution in [3.05, 3.63) is 51.3 Å². The molecule has 0 aliphatic carbocycles. The summed E-state index contributed by atoms with van der Waals surface area (Å²) in [6.07, 6.45) is 0.995. The quantitative estimate of drug-likeness (QED) is 0.399. The molecule has 3 aromatic rings. The van der Waals surface area contributed by atoms with Gasteiger partial charge in [0, 0.05) is 29.1 Å². The van der Waals surface area contributed by atoms with E-state index >= 15 is 0 Å². The van der Waals surface area contributed by atoms with E-state index in [2.05, 4.69) is 4.90 Å². The lowest BCUT2D eigenvalue weighted by atomic mass is 10.1. The molecule has 10 heteroatoms. The summed E-state index contributed by atoms with van der Waals surface area (Å²) in [5, 5.41) is 2.97. The molecule has 0 radical (unpaired) electrons. The second-order valence-corrected chi connectivity index (χ2v) is 11.7. The van der Waals surface area contributed by atoms with Crippen LogP contribution in [-0.2, 0) is 9.84 Å². The smallest absolute Gasteiger partial charge is 0.185 e. The van der Waals surface area contributed by atoms with Crippen LogP contribution in [0.25, 0.3) is 11.3 Å². The number of thiazole rings is 1. The zero-order valence-electron chi connectivity index (χ0n) is 18.5. The Morgan fingerprint density at radius 2 is 1.79 bits per heavy atom. The molecule has 1 aliphatic heterocycles. The van der Waals surface area contributed by atoms with Crippen LogP contribution in [0.3, 0.4) is 0 Å². The number of piperidine rings is 1. The average Bonchev–Trinajstić information content (AvgIpc) is 3.31. The summed E-state index contributed by atoms with van der Waals surface area (Å²) in [4.78, 5) is 7.08. The summed E-state index contributed by atoms with van der Waals surface area (Å²) in [5.41, 5.74) is 2.34. The van der Waals surface area contributed by atoms with Gasteiger partial charge in [0.2, 0.25) is 0 Å². The molecule has 33 heavy (non-hydrogen) atoms. The molecule has 0 spiro atoms. The third-order valence-corrected chi connectivity index (χ3v) is 9.88. The van der Waals surface area contributed by atoms with E-state index in [4.69, 9.17) is 37.7 Å². The van der Waals surface area contributed by atoms with Gasteiger partial charge >= 0.3 is 0 Å². The number of rotatable bonds is 6. The molecule has 0 N–H and O–H groups in total. The van der Waals surface area contributed by atoms with Gasteiger partial charge in [0.1, 0.15) is 11.5 Å². The van der Waals surface area contributed by atoms with Crippen LogP contribution in [0.2, 0.25) is 10.0 Å². The van der Waals surface area contributed by atoms with E-state index < -0.39 is 15.1 Å². The number of anilines is 1. The fourth-order valence-electron chi connectivity index (χ4n) is 3.93.